The Morgan fingerprint density at radius 2 is 1.93 bits per heavy atom. The van der Waals surface area contributed by atoms with Crippen LogP contribution in [-0.4, -0.2) is 10.9 Å². The van der Waals surface area contributed by atoms with Gasteiger partial charge < -0.3 is 4.42 Å². The van der Waals surface area contributed by atoms with Crippen LogP contribution in [0.5, 0.6) is 0 Å². The smallest absolute Gasteiger partial charge is 0.233 e. The molecule has 2 heterocycles. The van der Waals surface area contributed by atoms with Gasteiger partial charge in [-0.15, -0.1) is 0 Å². The SMILES string of the molecule is CCc1ccc(CC(=O)N(Cc2ccco2)c2nc3ccc(Br)cc3s2)cc1. The minimum atomic E-state index is -0.00114. The number of anilines is 1. The fourth-order valence-electron chi connectivity index (χ4n) is 2.99. The van der Waals surface area contributed by atoms with Crippen LogP contribution in [-0.2, 0) is 24.2 Å². The molecule has 2 aromatic heterocycles. The first-order valence-corrected chi connectivity index (χ1v) is 10.7. The molecule has 1 amide bonds. The van der Waals surface area contributed by atoms with Gasteiger partial charge in [0.2, 0.25) is 5.91 Å². The van der Waals surface area contributed by atoms with Crippen LogP contribution < -0.4 is 4.90 Å². The summed E-state index contributed by atoms with van der Waals surface area (Å²) in [4.78, 5) is 19.6. The van der Waals surface area contributed by atoms with Crippen molar-refractivity contribution in [1.82, 2.24) is 4.98 Å². The third-order valence-corrected chi connectivity index (χ3v) is 6.09. The number of nitrogens with zero attached hydrogens (tertiary/aromatic N) is 2. The summed E-state index contributed by atoms with van der Waals surface area (Å²) >= 11 is 5.00. The largest absolute Gasteiger partial charge is 0.467 e. The first-order chi connectivity index (χ1) is 13.6. The number of carbonyl (C=O) groups excluding carboxylic acids is 1. The fourth-order valence-corrected chi connectivity index (χ4v) is 4.52. The number of amides is 1. The molecule has 2 aromatic carbocycles. The van der Waals surface area contributed by atoms with Gasteiger partial charge in [-0.25, -0.2) is 4.98 Å². The van der Waals surface area contributed by atoms with E-state index in [1.807, 2.05) is 42.5 Å². The second-order valence-corrected chi connectivity index (χ2v) is 8.44. The molecule has 0 unspecified atom stereocenters. The Morgan fingerprint density at radius 1 is 1.14 bits per heavy atom. The van der Waals surface area contributed by atoms with Gasteiger partial charge in [0.1, 0.15) is 5.76 Å². The third-order valence-electron chi connectivity index (χ3n) is 4.55. The lowest BCUT2D eigenvalue weighted by Gasteiger charge is -2.19. The molecular formula is C22H19BrN2O2S. The number of halogens is 1. The number of hydrogen-bond acceptors (Lipinski definition) is 4. The minimum Gasteiger partial charge on any atom is -0.467 e. The third kappa shape index (κ3) is 4.18. The monoisotopic (exact) mass is 454 g/mol. The molecule has 0 spiro atoms. The minimum absolute atomic E-state index is 0.00114. The van der Waals surface area contributed by atoms with Gasteiger partial charge in [-0.3, -0.25) is 9.69 Å². The Labute approximate surface area is 175 Å². The van der Waals surface area contributed by atoms with Crippen molar-refractivity contribution in [3.63, 3.8) is 0 Å². The van der Waals surface area contributed by atoms with E-state index in [9.17, 15) is 4.79 Å². The molecule has 4 rings (SSSR count). The Morgan fingerprint density at radius 3 is 2.64 bits per heavy atom. The molecule has 4 aromatic rings. The highest BCUT2D eigenvalue weighted by molar-refractivity contribution is 9.10. The zero-order chi connectivity index (χ0) is 19.5. The summed E-state index contributed by atoms with van der Waals surface area (Å²) in [6.07, 6.45) is 2.93. The molecular weight excluding hydrogens is 436 g/mol. The predicted molar refractivity (Wildman–Crippen MR) is 117 cm³/mol. The van der Waals surface area contributed by atoms with Crippen molar-refractivity contribution in [1.29, 1.82) is 0 Å². The predicted octanol–water partition coefficient (Wildman–Crippen LogP) is 5.99. The maximum Gasteiger partial charge on any atom is 0.233 e. The zero-order valence-corrected chi connectivity index (χ0v) is 17.8. The summed E-state index contributed by atoms with van der Waals surface area (Å²) in [7, 11) is 0. The Balaban J connectivity index is 1.64. The van der Waals surface area contributed by atoms with E-state index in [-0.39, 0.29) is 5.91 Å². The molecule has 0 saturated heterocycles. The van der Waals surface area contributed by atoms with Gasteiger partial charge in [0.15, 0.2) is 5.13 Å². The molecule has 6 heteroatoms. The van der Waals surface area contributed by atoms with Crippen LogP contribution in [0.15, 0.2) is 69.8 Å². The van der Waals surface area contributed by atoms with E-state index < -0.39 is 0 Å². The average Bonchev–Trinajstić information content (AvgIpc) is 3.35. The Bertz CT molecular complexity index is 1090. The number of aromatic nitrogens is 1. The molecule has 0 aliphatic rings. The maximum atomic E-state index is 13.2. The lowest BCUT2D eigenvalue weighted by molar-refractivity contribution is -0.118. The van der Waals surface area contributed by atoms with Crippen molar-refractivity contribution in [2.45, 2.75) is 26.3 Å². The molecule has 0 aliphatic heterocycles. The highest BCUT2D eigenvalue weighted by Gasteiger charge is 2.21. The Kier molecular flexibility index (Phi) is 5.59. The van der Waals surface area contributed by atoms with Crippen LogP contribution in [0, 0.1) is 0 Å². The summed E-state index contributed by atoms with van der Waals surface area (Å²) < 4.78 is 7.52. The number of fused-ring (bicyclic) bond motifs is 1. The van der Waals surface area contributed by atoms with Crippen molar-refractivity contribution in [2.24, 2.45) is 0 Å². The van der Waals surface area contributed by atoms with Crippen molar-refractivity contribution >= 4 is 48.5 Å². The van der Waals surface area contributed by atoms with E-state index >= 15 is 0 Å². The topological polar surface area (TPSA) is 46.3 Å². The fraction of sp³-hybridized carbons (Fsp3) is 0.182. The lowest BCUT2D eigenvalue weighted by atomic mass is 10.1. The quantitative estimate of drug-likeness (QED) is 0.359. The number of carbonyl (C=O) groups is 1. The van der Waals surface area contributed by atoms with Gasteiger partial charge >= 0.3 is 0 Å². The van der Waals surface area contributed by atoms with E-state index in [1.54, 1.807) is 11.2 Å². The van der Waals surface area contributed by atoms with Gasteiger partial charge in [-0.2, -0.15) is 0 Å². The molecule has 0 saturated carbocycles. The highest BCUT2D eigenvalue weighted by atomic mass is 79.9. The first-order valence-electron chi connectivity index (χ1n) is 9.09. The van der Waals surface area contributed by atoms with Crippen LogP contribution in [0.1, 0.15) is 23.8 Å². The molecule has 0 aliphatic carbocycles. The van der Waals surface area contributed by atoms with Gasteiger partial charge in [0.25, 0.3) is 0 Å². The van der Waals surface area contributed by atoms with Crippen molar-refractivity contribution < 1.29 is 9.21 Å². The first kappa shape index (κ1) is 18.9. The van der Waals surface area contributed by atoms with Crippen LogP contribution in [0.25, 0.3) is 10.2 Å². The van der Waals surface area contributed by atoms with E-state index in [0.717, 1.165) is 32.4 Å². The Hall–Kier alpha value is -2.44. The van der Waals surface area contributed by atoms with Crippen LogP contribution >= 0.6 is 27.3 Å². The summed E-state index contributed by atoms with van der Waals surface area (Å²) in [6.45, 7) is 2.48. The summed E-state index contributed by atoms with van der Waals surface area (Å²) in [6, 6.07) is 17.9. The zero-order valence-electron chi connectivity index (χ0n) is 15.4. The molecule has 0 fully saturated rings. The molecule has 0 N–H and O–H groups in total. The molecule has 4 nitrogen and oxygen atoms in total. The lowest BCUT2D eigenvalue weighted by Crippen LogP contribution is -2.31. The summed E-state index contributed by atoms with van der Waals surface area (Å²) in [5.74, 6) is 0.730. The number of rotatable bonds is 6. The summed E-state index contributed by atoms with van der Waals surface area (Å²) in [5, 5.41) is 0.680. The second kappa shape index (κ2) is 8.29. The standard InChI is InChI=1S/C22H19BrN2O2S/c1-2-15-5-7-16(8-6-15)12-21(26)25(14-18-4-3-11-27-18)22-24-19-10-9-17(23)13-20(19)28-22/h3-11,13H,2,12,14H2,1H3. The molecule has 0 atom stereocenters. The number of aryl methyl sites for hydroxylation is 1. The van der Waals surface area contributed by atoms with Gasteiger partial charge in [0.05, 0.1) is 29.4 Å². The normalized spacial score (nSPS) is 11.1. The van der Waals surface area contributed by atoms with Gasteiger partial charge in [0, 0.05) is 4.47 Å². The van der Waals surface area contributed by atoms with Gasteiger partial charge in [-0.1, -0.05) is 58.5 Å². The van der Waals surface area contributed by atoms with E-state index in [0.29, 0.717) is 18.1 Å². The van der Waals surface area contributed by atoms with Crippen LogP contribution in [0.4, 0.5) is 5.13 Å². The molecule has 0 bridgehead atoms. The van der Waals surface area contributed by atoms with Crippen LogP contribution in [0.2, 0.25) is 0 Å². The van der Waals surface area contributed by atoms with E-state index in [1.165, 1.54) is 16.9 Å². The highest BCUT2D eigenvalue weighted by Crippen LogP contribution is 2.32. The number of thiazole rings is 1. The van der Waals surface area contributed by atoms with E-state index in [4.69, 9.17) is 4.42 Å². The van der Waals surface area contributed by atoms with E-state index in [2.05, 4.69) is 40.0 Å². The molecule has 28 heavy (non-hydrogen) atoms. The average molecular weight is 455 g/mol. The van der Waals surface area contributed by atoms with Crippen molar-refractivity contribution in [3.05, 3.63) is 82.2 Å². The maximum absolute atomic E-state index is 13.2. The number of benzene rings is 2. The number of hydrogen-bond donors (Lipinski definition) is 0. The van der Waals surface area contributed by atoms with Crippen molar-refractivity contribution in [2.75, 3.05) is 4.90 Å². The molecule has 0 radical (unpaired) electrons. The number of furan rings is 1. The summed E-state index contributed by atoms with van der Waals surface area (Å²) in [5.41, 5.74) is 3.14. The second-order valence-electron chi connectivity index (χ2n) is 6.51. The molecule has 142 valence electrons. The van der Waals surface area contributed by atoms with Crippen molar-refractivity contribution in [3.8, 4) is 0 Å². The van der Waals surface area contributed by atoms with Crippen LogP contribution in [0.3, 0.4) is 0 Å². The van der Waals surface area contributed by atoms with Gasteiger partial charge in [-0.05, 0) is 47.9 Å².